The number of hydrogen-bond donors (Lipinski definition) is 0. The van der Waals surface area contributed by atoms with E-state index in [1.54, 1.807) is 0 Å². The molecule has 0 unspecified atom stereocenters. The first-order valence-corrected chi connectivity index (χ1v) is 25.4. The Morgan fingerprint density at radius 3 is 1.46 bits per heavy atom. The minimum Gasteiger partial charge on any atom is -0.455 e. The van der Waals surface area contributed by atoms with Crippen molar-refractivity contribution in [2.24, 2.45) is 0 Å². The summed E-state index contributed by atoms with van der Waals surface area (Å²) in [7, 11) is 0. The van der Waals surface area contributed by atoms with Gasteiger partial charge in [0.15, 0.2) is 0 Å². The van der Waals surface area contributed by atoms with Crippen LogP contribution in [0.3, 0.4) is 0 Å². The van der Waals surface area contributed by atoms with E-state index >= 15 is 0 Å². The van der Waals surface area contributed by atoms with Crippen molar-refractivity contribution in [3.05, 3.63) is 234 Å². The van der Waals surface area contributed by atoms with Crippen LogP contribution in [0.1, 0.15) is 74.9 Å². The summed E-state index contributed by atoms with van der Waals surface area (Å²) in [5.41, 5.74) is 26.6. The van der Waals surface area contributed by atoms with Crippen LogP contribution in [0.4, 0.5) is 17.1 Å². The highest BCUT2D eigenvalue weighted by atomic mass is 16.3. The predicted molar refractivity (Wildman–Crippen MR) is 299 cm³/mol. The van der Waals surface area contributed by atoms with Gasteiger partial charge < -0.3 is 13.7 Å². The van der Waals surface area contributed by atoms with Crippen molar-refractivity contribution in [2.45, 2.75) is 57.8 Å². The fraction of sp³-hybridized carbons (Fsp3) is 0.130. The van der Waals surface area contributed by atoms with Crippen molar-refractivity contribution in [3.63, 3.8) is 0 Å². The first-order chi connectivity index (χ1) is 35.0. The van der Waals surface area contributed by atoms with Gasteiger partial charge in [-0.25, -0.2) is 0 Å². The number of anilines is 3. The molecule has 344 valence electrons. The third kappa shape index (κ3) is 5.40. The number of rotatable bonds is 5. The van der Waals surface area contributed by atoms with Crippen LogP contribution < -0.4 is 4.90 Å². The molecule has 3 aliphatic rings. The van der Waals surface area contributed by atoms with Gasteiger partial charge in [0.1, 0.15) is 22.3 Å². The minimum absolute atomic E-state index is 0.233. The standard InChI is InChI=1S/C69H51NO2/c1-67(2)53-37-44(33-35-47(53)58-55(67)39-51(42-21-11-8-12-22-42)65-60(58)49-24-14-17-27-56(49)71-65)70(43-31-29-41(30-32-43)40-19-9-7-10-20-40)45-34-36-48-54(38-45)69(5,6)63-59(48)61-50-25-15-18-28-57(50)72-66(61)62-46-23-13-16-26-52(46)68(3,4)64(62)63/h7-39H,1-6H3. The second-order valence-electron chi connectivity index (χ2n) is 21.9. The first kappa shape index (κ1) is 41.4. The molecule has 72 heavy (non-hydrogen) atoms. The lowest BCUT2D eigenvalue weighted by Gasteiger charge is -2.32. The Morgan fingerprint density at radius 1 is 0.319 bits per heavy atom. The van der Waals surface area contributed by atoms with E-state index in [1.807, 2.05) is 0 Å². The highest BCUT2D eigenvalue weighted by Crippen LogP contribution is 2.64. The lowest BCUT2D eigenvalue weighted by Crippen LogP contribution is -2.24. The molecule has 0 amide bonds. The van der Waals surface area contributed by atoms with Gasteiger partial charge in [0.25, 0.3) is 0 Å². The van der Waals surface area contributed by atoms with Crippen LogP contribution in [0.5, 0.6) is 0 Å². The third-order valence-electron chi connectivity index (χ3n) is 17.0. The number of fused-ring (bicyclic) bond motifs is 19. The zero-order chi connectivity index (χ0) is 48.4. The highest BCUT2D eigenvalue weighted by Gasteiger charge is 2.49. The summed E-state index contributed by atoms with van der Waals surface area (Å²) in [4.78, 5) is 2.48. The minimum atomic E-state index is -0.337. The summed E-state index contributed by atoms with van der Waals surface area (Å²) < 4.78 is 13.8. The second kappa shape index (κ2) is 14.4. The van der Waals surface area contributed by atoms with Crippen molar-refractivity contribution in [3.8, 4) is 55.6 Å². The average molecular weight is 926 g/mol. The molecule has 3 aliphatic carbocycles. The van der Waals surface area contributed by atoms with Gasteiger partial charge in [-0.3, -0.25) is 0 Å². The molecule has 0 radical (unpaired) electrons. The van der Waals surface area contributed by atoms with Crippen molar-refractivity contribution in [1.29, 1.82) is 0 Å². The molecular weight excluding hydrogens is 875 g/mol. The Hall–Kier alpha value is -8.40. The van der Waals surface area contributed by atoms with Gasteiger partial charge in [0.2, 0.25) is 0 Å². The highest BCUT2D eigenvalue weighted by molar-refractivity contribution is 6.21. The molecule has 0 fully saturated rings. The molecule has 2 heterocycles. The number of nitrogens with zero attached hydrogens (tertiary/aromatic N) is 1. The van der Waals surface area contributed by atoms with E-state index in [1.165, 1.54) is 94.0 Å². The topological polar surface area (TPSA) is 29.5 Å². The third-order valence-corrected chi connectivity index (χ3v) is 17.0. The van der Waals surface area contributed by atoms with Crippen molar-refractivity contribution >= 4 is 60.9 Å². The molecule has 0 bridgehead atoms. The van der Waals surface area contributed by atoms with Crippen LogP contribution in [0.2, 0.25) is 0 Å². The van der Waals surface area contributed by atoms with Crippen molar-refractivity contribution in [1.82, 2.24) is 0 Å². The van der Waals surface area contributed by atoms with Crippen molar-refractivity contribution < 1.29 is 8.83 Å². The van der Waals surface area contributed by atoms with Gasteiger partial charge in [-0.05, 0) is 132 Å². The maximum Gasteiger partial charge on any atom is 0.144 e. The van der Waals surface area contributed by atoms with E-state index < -0.39 is 0 Å². The largest absolute Gasteiger partial charge is 0.455 e. The number of furan rings is 2. The summed E-state index contributed by atoms with van der Waals surface area (Å²) in [6, 6.07) is 73.5. The van der Waals surface area contributed by atoms with Crippen LogP contribution in [0.25, 0.3) is 99.5 Å². The van der Waals surface area contributed by atoms with E-state index in [0.29, 0.717) is 0 Å². The van der Waals surface area contributed by atoms with Gasteiger partial charge in [-0.1, -0.05) is 187 Å². The molecule has 2 aromatic heterocycles. The molecule has 0 spiro atoms. The molecular formula is C69H51NO2. The number of benzene rings is 10. The lowest BCUT2D eigenvalue weighted by atomic mass is 9.72. The normalized spacial score (nSPS) is 15.1. The first-order valence-electron chi connectivity index (χ1n) is 25.4. The Balaban J connectivity index is 0.953. The van der Waals surface area contributed by atoms with Gasteiger partial charge in [0.05, 0.1) is 0 Å². The van der Waals surface area contributed by atoms with Gasteiger partial charge in [-0.15, -0.1) is 0 Å². The zero-order valence-electron chi connectivity index (χ0n) is 41.3. The van der Waals surface area contributed by atoms with E-state index in [4.69, 9.17) is 8.83 Å². The van der Waals surface area contributed by atoms with Crippen LogP contribution in [-0.4, -0.2) is 0 Å². The summed E-state index contributed by atoms with van der Waals surface area (Å²) in [6.07, 6.45) is 0. The smallest absolute Gasteiger partial charge is 0.144 e. The summed E-state index contributed by atoms with van der Waals surface area (Å²) in [5.74, 6) is 0. The van der Waals surface area contributed by atoms with Crippen LogP contribution in [0, 0.1) is 0 Å². The second-order valence-corrected chi connectivity index (χ2v) is 21.9. The zero-order valence-corrected chi connectivity index (χ0v) is 41.3. The van der Waals surface area contributed by atoms with Crippen LogP contribution >= 0.6 is 0 Å². The SMILES string of the molecule is CC1(C)c2cc(N(c3ccc(-c4ccccc4)cc3)c3ccc4c(c3)C(C)(C)c3c5c(c6oc7ccccc7c6c3-4)-c3ccccc3C5(C)C)ccc2-c2c1cc(-c1ccccc1)c1oc3ccccc3c21. The molecule has 0 aliphatic heterocycles. The summed E-state index contributed by atoms with van der Waals surface area (Å²) in [6.45, 7) is 14.5. The van der Waals surface area contributed by atoms with E-state index in [0.717, 1.165) is 55.9 Å². The van der Waals surface area contributed by atoms with E-state index in [2.05, 4.69) is 247 Å². The fourth-order valence-corrected chi connectivity index (χ4v) is 13.6. The molecule has 3 nitrogen and oxygen atoms in total. The maximum absolute atomic E-state index is 7.01. The molecule has 15 rings (SSSR count). The molecule has 0 N–H and O–H groups in total. The average Bonchev–Trinajstić information content (AvgIpc) is 4.17. The molecule has 0 saturated heterocycles. The fourth-order valence-electron chi connectivity index (χ4n) is 13.6. The van der Waals surface area contributed by atoms with Gasteiger partial charge >= 0.3 is 0 Å². The van der Waals surface area contributed by atoms with Gasteiger partial charge in [0, 0.05) is 66.0 Å². The van der Waals surface area contributed by atoms with E-state index in [9.17, 15) is 0 Å². The number of hydrogen-bond acceptors (Lipinski definition) is 3. The predicted octanol–water partition coefficient (Wildman–Crippen LogP) is 19.2. The Bertz CT molecular complexity index is 4280. The Morgan fingerprint density at radius 2 is 0.792 bits per heavy atom. The summed E-state index contributed by atoms with van der Waals surface area (Å²) in [5, 5.41) is 4.72. The maximum atomic E-state index is 7.01. The number of para-hydroxylation sites is 2. The lowest BCUT2D eigenvalue weighted by molar-refractivity contribution is 0.600. The quantitative estimate of drug-likeness (QED) is 0.172. The Labute approximate surface area is 419 Å². The van der Waals surface area contributed by atoms with Crippen LogP contribution in [0.15, 0.2) is 209 Å². The summed E-state index contributed by atoms with van der Waals surface area (Å²) >= 11 is 0. The van der Waals surface area contributed by atoms with E-state index in [-0.39, 0.29) is 16.2 Å². The molecule has 0 atom stereocenters. The van der Waals surface area contributed by atoms with Crippen LogP contribution in [-0.2, 0) is 16.2 Å². The molecule has 0 saturated carbocycles. The monoisotopic (exact) mass is 925 g/mol. The molecule has 10 aromatic carbocycles. The van der Waals surface area contributed by atoms with Crippen molar-refractivity contribution in [2.75, 3.05) is 4.90 Å². The Kier molecular flexibility index (Phi) is 8.26. The molecule has 3 heteroatoms. The molecule has 12 aromatic rings. The van der Waals surface area contributed by atoms with Gasteiger partial charge in [-0.2, -0.15) is 0 Å².